The number of aliphatic hydroxyl groups is 1. The van der Waals surface area contributed by atoms with E-state index in [2.05, 4.69) is 29.2 Å². The Bertz CT molecular complexity index is 365. The Labute approximate surface area is 95.9 Å². The fraction of sp³-hybridized carbons (Fsp3) is 0.538. The summed E-state index contributed by atoms with van der Waals surface area (Å²) in [4.78, 5) is 2.41. The molecule has 0 aromatic heterocycles. The van der Waals surface area contributed by atoms with E-state index >= 15 is 0 Å². The second kappa shape index (κ2) is 3.84. The maximum Gasteiger partial charge on any atom is 0.0747 e. The van der Waals surface area contributed by atoms with Gasteiger partial charge in [0.2, 0.25) is 0 Å². The van der Waals surface area contributed by atoms with Crippen LogP contribution in [0.4, 0.5) is 0 Å². The van der Waals surface area contributed by atoms with Crippen molar-refractivity contribution in [3.05, 3.63) is 35.9 Å². The Balaban J connectivity index is 1.71. The van der Waals surface area contributed by atoms with Gasteiger partial charge in [-0.15, -0.1) is 0 Å². The van der Waals surface area contributed by atoms with Crippen LogP contribution in [0.1, 0.15) is 12.0 Å². The number of piperidine rings is 1. The number of hydrogen-bond acceptors (Lipinski definition) is 3. The number of nitrogens with two attached hydrogens (primary N) is 1. The van der Waals surface area contributed by atoms with Crippen molar-refractivity contribution in [2.75, 3.05) is 6.54 Å². The van der Waals surface area contributed by atoms with E-state index in [0.717, 1.165) is 19.5 Å². The minimum Gasteiger partial charge on any atom is -0.391 e. The monoisotopic (exact) mass is 218 g/mol. The molecule has 1 heterocycles. The van der Waals surface area contributed by atoms with Gasteiger partial charge in [0.15, 0.2) is 0 Å². The number of nitrogens with zero attached hydrogens (tertiary/aromatic N) is 1. The summed E-state index contributed by atoms with van der Waals surface area (Å²) in [5.41, 5.74) is 7.35. The van der Waals surface area contributed by atoms with Gasteiger partial charge in [0.1, 0.15) is 0 Å². The number of rotatable bonds is 2. The molecule has 1 aliphatic heterocycles. The van der Waals surface area contributed by atoms with Gasteiger partial charge in [-0.25, -0.2) is 0 Å². The molecule has 86 valence electrons. The van der Waals surface area contributed by atoms with Crippen LogP contribution in [0, 0.1) is 5.92 Å². The van der Waals surface area contributed by atoms with Gasteiger partial charge in [0.05, 0.1) is 6.10 Å². The molecule has 2 bridgehead atoms. The van der Waals surface area contributed by atoms with Crippen molar-refractivity contribution < 1.29 is 5.11 Å². The predicted molar refractivity (Wildman–Crippen MR) is 62.7 cm³/mol. The molecule has 0 spiro atoms. The first-order valence-electron chi connectivity index (χ1n) is 5.97. The fourth-order valence-corrected chi connectivity index (χ4v) is 3.16. The first kappa shape index (κ1) is 10.3. The third-order valence-electron chi connectivity index (χ3n) is 4.03. The lowest BCUT2D eigenvalue weighted by Crippen LogP contribution is -2.52. The average Bonchev–Trinajstić information content (AvgIpc) is 2.82. The van der Waals surface area contributed by atoms with Gasteiger partial charge in [-0.1, -0.05) is 30.3 Å². The Hall–Kier alpha value is -0.900. The zero-order valence-electron chi connectivity index (χ0n) is 9.29. The lowest BCUT2D eigenvalue weighted by atomic mass is 10.0. The van der Waals surface area contributed by atoms with Crippen molar-refractivity contribution in [3.8, 4) is 0 Å². The van der Waals surface area contributed by atoms with E-state index in [0.29, 0.717) is 12.0 Å². The van der Waals surface area contributed by atoms with Crippen molar-refractivity contribution in [1.29, 1.82) is 0 Å². The molecule has 3 rings (SSSR count). The summed E-state index contributed by atoms with van der Waals surface area (Å²) in [6, 6.07) is 10.8. The Morgan fingerprint density at radius 2 is 2.06 bits per heavy atom. The van der Waals surface area contributed by atoms with Gasteiger partial charge in [0, 0.05) is 31.1 Å². The normalized spacial score (nSPS) is 38.1. The first-order valence-corrected chi connectivity index (χ1v) is 5.97. The smallest absolute Gasteiger partial charge is 0.0747 e. The number of benzene rings is 1. The molecular formula is C13H18N2O. The van der Waals surface area contributed by atoms with Crippen molar-refractivity contribution in [2.45, 2.75) is 31.2 Å². The Morgan fingerprint density at radius 3 is 2.69 bits per heavy atom. The minimum absolute atomic E-state index is 0.0533. The third kappa shape index (κ3) is 1.56. The van der Waals surface area contributed by atoms with Crippen LogP contribution in [0.2, 0.25) is 0 Å². The highest BCUT2D eigenvalue weighted by Gasteiger charge is 2.49. The molecule has 2 fully saturated rings. The van der Waals surface area contributed by atoms with Crippen LogP contribution in [-0.2, 0) is 6.54 Å². The lowest BCUT2D eigenvalue weighted by molar-refractivity contribution is 0.0520. The molecule has 4 atom stereocenters. The van der Waals surface area contributed by atoms with Crippen molar-refractivity contribution in [2.24, 2.45) is 11.7 Å². The molecule has 3 nitrogen and oxygen atoms in total. The standard InChI is InChI=1S/C13H18N2O/c14-12-11-6-10(13(12)16)8-15(11)7-9-4-2-1-3-5-9/h1-5,10-13,16H,6-8,14H2/t10-,11+,12+,13-/m0/s1. The van der Waals surface area contributed by atoms with Crippen LogP contribution in [0.5, 0.6) is 0 Å². The molecule has 3 heteroatoms. The molecule has 0 amide bonds. The Kier molecular flexibility index (Phi) is 2.46. The maximum atomic E-state index is 9.82. The molecule has 1 aliphatic carbocycles. The van der Waals surface area contributed by atoms with Gasteiger partial charge in [0.25, 0.3) is 0 Å². The SMILES string of the molecule is N[C@H]1[C@@H](O)[C@H]2C[C@H]1N(Cc1ccccc1)C2. The number of aliphatic hydroxyl groups excluding tert-OH is 1. The van der Waals surface area contributed by atoms with Crippen molar-refractivity contribution >= 4 is 0 Å². The van der Waals surface area contributed by atoms with Crippen LogP contribution in [0.15, 0.2) is 30.3 Å². The van der Waals surface area contributed by atoms with Gasteiger partial charge >= 0.3 is 0 Å². The molecule has 1 aromatic carbocycles. The number of hydrogen-bond donors (Lipinski definition) is 2. The molecule has 2 aliphatic rings. The molecule has 1 aromatic rings. The van der Waals surface area contributed by atoms with Crippen molar-refractivity contribution in [3.63, 3.8) is 0 Å². The van der Waals surface area contributed by atoms with E-state index in [4.69, 9.17) is 5.73 Å². The van der Waals surface area contributed by atoms with Crippen LogP contribution >= 0.6 is 0 Å². The zero-order valence-corrected chi connectivity index (χ0v) is 9.29. The molecule has 3 N–H and O–H groups in total. The summed E-state index contributed by atoms with van der Waals surface area (Å²) in [6.45, 7) is 1.96. The molecule has 0 unspecified atom stereocenters. The quantitative estimate of drug-likeness (QED) is 0.763. The van der Waals surface area contributed by atoms with Crippen molar-refractivity contribution in [1.82, 2.24) is 4.90 Å². The minimum atomic E-state index is -0.281. The maximum absolute atomic E-state index is 9.82. The third-order valence-corrected chi connectivity index (χ3v) is 4.03. The van der Waals surface area contributed by atoms with Gasteiger partial charge < -0.3 is 10.8 Å². The van der Waals surface area contributed by atoms with Crippen LogP contribution in [0.3, 0.4) is 0 Å². The van der Waals surface area contributed by atoms with E-state index in [1.807, 2.05) is 6.07 Å². The molecule has 1 saturated carbocycles. The highest BCUT2D eigenvalue weighted by Crippen LogP contribution is 2.37. The topological polar surface area (TPSA) is 49.5 Å². The van der Waals surface area contributed by atoms with Gasteiger partial charge in [-0.3, -0.25) is 4.90 Å². The summed E-state index contributed by atoms with van der Waals surface area (Å²) >= 11 is 0. The average molecular weight is 218 g/mol. The van der Waals surface area contributed by atoms with Gasteiger partial charge in [-0.2, -0.15) is 0 Å². The fourth-order valence-electron chi connectivity index (χ4n) is 3.16. The predicted octanol–water partition coefficient (Wildman–Crippen LogP) is 0.579. The summed E-state index contributed by atoms with van der Waals surface area (Å²) in [5.74, 6) is 0.392. The largest absolute Gasteiger partial charge is 0.391 e. The van der Waals surface area contributed by atoms with Gasteiger partial charge in [-0.05, 0) is 12.0 Å². The summed E-state index contributed by atoms with van der Waals surface area (Å²) in [7, 11) is 0. The number of fused-ring (bicyclic) bond motifs is 2. The highest BCUT2D eigenvalue weighted by molar-refractivity contribution is 5.16. The zero-order chi connectivity index (χ0) is 11.1. The second-order valence-corrected chi connectivity index (χ2v) is 5.05. The summed E-state index contributed by atoms with van der Waals surface area (Å²) in [6.07, 6.45) is 0.784. The van der Waals surface area contributed by atoms with E-state index < -0.39 is 0 Å². The number of likely N-dealkylation sites (tertiary alicyclic amines) is 1. The van der Waals surface area contributed by atoms with E-state index in [-0.39, 0.29) is 12.1 Å². The van der Waals surface area contributed by atoms with E-state index in [9.17, 15) is 5.11 Å². The molecular weight excluding hydrogens is 200 g/mol. The molecule has 1 saturated heterocycles. The lowest BCUT2D eigenvalue weighted by Gasteiger charge is -2.34. The van der Waals surface area contributed by atoms with E-state index in [1.165, 1.54) is 5.56 Å². The van der Waals surface area contributed by atoms with Crippen LogP contribution in [0.25, 0.3) is 0 Å². The van der Waals surface area contributed by atoms with E-state index in [1.54, 1.807) is 0 Å². The first-order chi connectivity index (χ1) is 7.75. The summed E-state index contributed by atoms with van der Waals surface area (Å²) < 4.78 is 0. The van der Waals surface area contributed by atoms with Crippen LogP contribution in [-0.4, -0.2) is 34.7 Å². The molecule has 0 radical (unpaired) electrons. The molecule has 16 heavy (non-hydrogen) atoms. The summed E-state index contributed by atoms with van der Waals surface area (Å²) in [5, 5.41) is 9.82. The highest BCUT2D eigenvalue weighted by atomic mass is 16.3. The second-order valence-electron chi connectivity index (χ2n) is 5.05. The Morgan fingerprint density at radius 1 is 1.31 bits per heavy atom. The van der Waals surface area contributed by atoms with Crippen LogP contribution < -0.4 is 5.73 Å².